The van der Waals surface area contributed by atoms with Gasteiger partial charge in [-0.3, -0.25) is 4.98 Å². The number of hydrogen-bond donors (Lipinski definition) is 2. The summed E-state index contributed by atoms with van der Waals surface area (Å²) in [6.07, 6.45) is 3.26. The highest BCUT2D eigenvalue weighted by Gasteiger charge is 2.07. The maximum absolute atomic E-state index is 11.7. The standard InChI is InChI=1S/C16H18ClN3O2/c1-12(22-15-6-4-14(17)5-7-15)9-19-16(21)20-11-13-3-2-8-18-10-13/h2-8,10,12H,9,11H2,1H3,(H2,19,20,21)/t12-/m1/s1. The minimum absolute atomic E-state index is 0.148. The van der Waals surface area contributed by atoms with Crippen molar-refractivity contribution in [3.05, 3.63) is 59.4 Å². The van der Waals surface area contributed by atoms with Gasteiger partial charge in [-0.15, -0.1) is 0 Å². The van der Waals surface area contributed by atoms with Crippen LogP contribution >= 0.6 is 11.6 Å². The Morgan fingerprint density at radius 2 is 2.05 bits per heavy atom. The molecule has 0 radical (unpaired) electrons. The molecule has 22 heavy (non-hydrogen) atoms. The van der Waals surface area contributed by atoms with Crippen LogP contribution in [0.5, 0.6) is 5.75 Å². The summed E-state index contributed by atoms with van der Waals surface area (Å²) in [5.74, 6) is 0.717. The average Bonchev–Trinajstić information content (AvgIpc) is 2.54. The van der Waals surface area contributed by atoms with Gasteiger partial charge in [0.05, 0.1) is 6.54 Å². The summed E-state index contributed by atoms with van der Waals surface area (Å²) in [5.41, 5.74) is 0.947. The van der Waals surface area contributed by atoms with Crippen LogP contribution in [0.25, 0.3) is 0 Å². The molecule has 2 N–H and O–H groups in total. The predicted molar refractivity (Wildman–Crippen MR) is 86.0 cm³/mol. The Bertz CT molecular complexity index is 590. The van der Waals surface area contributed by atoms with E-state index in [2.05, 4.69) is 15.6 Å². The highest BCUT2D eigenvalue weighted by Crippen LogP contribution is 2.16. The lowest BCUT2D eigenvalue weighted by atomic mass is 10.3. The van der Waals surface area contributed by atoms with Crippen LogP contribution in [0.15, 0.2) is 48.8 Å². The van der Waals surface area contributed by atoms with Gasteiger partial charge in [-0.2, -0.15) is 0 Å². The van der Waals surface area contributed by atoms with Crippen LogP contribution in [-0.4, -0.2) is 23.7 Å². The number of carbonyl (C=O) groups is 1. The van der Waals surface area contributed by atoms with E-state index in [1.165, 1.54) is 0 Å². The molecule has 2 rings (SSSR count). The molecule has 1 aromatic carbocycles. The summed E-state index contributed by atoms with van der Waals surface area (Å²) >= 11 is 5.81. The van der Waals surface area contributed by atoms with E-state index in [-0.39, 0.29) is 12.1 Å². The summed E-state index contributed by atoms with van der Waals surface area (Å²) in [7, 11) is 0. The van der Waals surface area contributed by atoms with Gasteiger partial charge in [0, 0.05) is 24.0 Å². The van der Waals surface area contributed by atoms with Gasteiger partial charge in [0.15, 0.2) is 0 Å². The Balaban J connectivity index is 1.68. The number of hydrogen-bond acceptors (Lipinski definition) is 3. The summed E-state index contributed by atoms with van der Waals surface area (Å²) in [5, 5.41) is 6.19. The molecule has 5 nitrogen and oxygen atoms in total. The first-order valence-corrected chi connectivity index (χ1v) is 7.34. The second-order valence-electron chi connectivity index (χ2n) is 4.81. The van der Waals surface area contributed by atoms with E-state index < -0.39 is 0 Å². The molecule has 0 bridgehead atoms. The number of urea groups is 1. The average molecular weight is 320 g/mol. The van der Waals surface area contributed by atoms with Crippen molar-refractivity contribution in [2.24, 2.45) is 0 Å². The molecule has 0 unspecified atom stereocenters. The zero-order valence-corrected chi connectivity index (χ0v) is 13.0. The molecular weight excluding hydrogens is 302 g/mol. The summed E-state index contributed by atoms with van der Waals surface area (Å²) in [4.78, 5) is 15.7. The minimum atomic E-state index is -0.240. The Hall–Kier alpha value is -2.27. The molecule has 2 amide bonds. The number of ether oxygens (including phenoxy) is 1. The molecule has 0 aliphatic carbocycles. The molecule has 1 aromatic heterocycles. The van der Waals surface area contributed by atoms with Crippen molar-refractivity contribution in [3.8, 4) is 5.75 Å². The zero-order chi connectivity index (χ0) is 15.8. The Labute approximate surface area is 134 Å². The monoisotopic (exact) mass is 319 g/mol. The third-order valence-electron chi connectivity index (χ3n) is 2.88. The molecule has 0 fully saturated rings. The van der Waals surface area contributed by atoms with Gasteiger partial charge >= 0.3 is 6.03 Å². The maximum atomic E-state index is 11.7. The summed E-state index contributed by atoms with van der Waals surface area (Å²) in [6, 6.07) is 10.6. The lowest BCUT2D eigenvalue weighted by Crippen LogP contribution is -2.40. The topological polar surface area (TPSA) is 63.2 Å². The number of aromatic nitrogens is 1. The van der Waals surface area contributed by atoms with Crippen molar-refractivity contribution in [2.75, 3.05) is 6.54 Å². The second-order valence-corrected chi connectivity index (χ2v) is 5.24. The van der Waals surface area contributed by atoms with Gasteiger partial charge in [-0.05, 0) is 42.8 Å². The van der Waals surface area contributed by atoms with Crippen LogP contribution in [0.3, 0.4) is 0 Å². The Kier molecular flexibility index (Phi) is 6.03. The molecule has 0 spiro atoms. The first kappa shape index (κ1) is 16.1. The Morgan fingerprint density at radius 3 is 2.73 bits per heavy atom. The quantitative estimate of drug-likeness (QED) is 0.860. The molecular formula is C16H18ClN3O2. The van der Waals surface area contributed by atoms with Gasteiger partial charge in [0.1, 0.15) is 11.9 Å². The number of nitrogens with zero attached hydrogens (tertiary/aromatic N) is 1. The fraction of sp³-hybridized carbons (Fsp3) is 0.250. The minimum Gasteiger partial charge on any atom is -0.489 e. The van der Waals surface area contributed by atoms with E-state index in [0.29, 0.717) is 18.1 Å². The fourth-order valence-corrected chi connectivity index (χ4v) is 1.90. The number of amides is 2. The van der Waals surface area contributed by atoms with Crippen LogP contribution in [0, 0.1) is 0 Å². The van der Waals surface area contributed by atoms with Crippen molar-refractivity contribution >= 4 is 17.6 Å². The first-order valence-electron chi connectivity index (χ1n) is 6.96. The number of halogens is 1. The van der Waals surface area contributed by atoms with E-state index in [1.807, 2.05) is 19.1 Å². The van der Waals surface area contributed by atoms with Crippen molar-refractivity contribution < 1.29 is 9.53 Å². The predicted octanol–water partition coefficient (Wildman–Crippen LogP) is 3.00. The fourth-order valence-electron chi connectivity index (χ4n) is 1.77. The van der Waals surface area contributed by atoms with Crippen LogP contribution in [0.2, 0.25) is 5.02 Å². The molecule has 0 saturated carbocycles. The molecule has 0 saturated heterocycles. The van der Waals surface area contributed by atoms with Crippen LogP contribution in [-0.2, 0) is 6.54 Å². The number of benzene rings is 1. The van der Waals surface area contributed by atoms with Gasteiger partial charge in [-0.25, -0.2) is 4.79 Å². The van der Waals surface area contributed by atoms with Crippen molar-refractivity contribution in [1.82, 2.24) is 15.6 Å². The third-order valence-corrected chi connectivity index (χ3v) is 3.13. The Morgan fingerprint density at radius 1 is 1.27 bits per heavy atom. The smallest absolute Gasteiger partial charge is 0.315 e. The van der Waals surface area contributed by atoms with E-state index in [0.717, 1.165) is 11.3 Å². The molecule has 116 valence electrons. The molecule has 6 heteroatoms. The molecule has 1 atom stereocenters. The molecule has 0 aliphatic heterocycles. The van der Waals surface area contributed by atoms with E-state index in [9.17, 15) is 4.79 Å². The normalized spacial score (nSPS) is 11.5. The molecule has 1 heterocycles. The van der Waals surface area contributed by atoms with Crippen molar-refractivity contribution in [2.45, 2.75) is 19.6 Å². The third kappa shape index (κ3) is 5.61. The van der Waals surface area contributed by atoms with Crippen molar-refractivity contribution in [3.63, 3.8) is 0 Å². The number of rotatable bonds is 6. The van der Waals surface area contributed by atoms with E-state index in [1.54, 1.807) is 36.7 Å². The summed E-state index contributed by atoms with van der Waals surface area (Å²) < 4.78 is 5.67. The van der Waals surface area contributed by atoms with Crippen molar-refractivity contribution in [1.29, 1.82) is 0 Å². The van der Waals surface area contributed by atoms with E-state index in [4.69, 9.17) is 16.3 Å². The number of nitrogens with one attached hydrogen (secondary N) is 2. The highest BCUT2D eigenvalue weighted by atomic mass is 35.5. The summed E-state index contributed by atoms with van der Waals surface area (Å²) in [6.45, 7) is 2.73. The van der Waals surface area contributed by atoms with E-state index >= 15 is 0 Å². The highest BCUT2D eigenvalue weighted by molar-refractivity contribution is 6.30. The van der Waals surface area contributed by atoms with Gasteiger partial charge in [0.25, 0.3) is 0 Å². The van der Waals surface area contributed by atoms with Crippen LogP contribution in [0.4, 0.5) is 4.79 Å². The lowest BCUT2D eigenvalue weighted by molar-refractivity contribution is 0.207. The lowest BCUT2D eigenvalue weighted by Gasteiger charge is -2.16. The molecule has 0 aliphatic rings. The first-order chi connectivity index (χ1) is 10.6. The maximum Gasteiger partial charge on any atom is 0.315 e. The van der Waals surface area contributed by atoms with Crippen LogP contribution < -0.4 is 15.4 Å². The SMILES string of the molecule is C[C@H](CNC(=O)NCc1cccnc1)Oc1ccc(Cl)cc1. The second kappa shape index (κ2) is 8.24. The number of carbonyl (C=O) groups excluding carboxylic acids is 1. The van der Waals surface area contributed by atoms with Gasteiger partial charge < -0.3 is 15.4 Å². The molecule has 2 aromatic rings. The largest absolute Gasteiger partial charge is 0.489 e. The zero-order valence-electron chi connectivity index (χ0n) is 12.3. The van der Waals surface area contributed by atoms with Gasteiger partial charge in [-0.1, -0.05) is 17.7 Å². The van der Waals surface area contributed by atoms with Crippen LogP contribution in [0.1, 0.15) is 12.5 Å². The number of pyridine rings is 1. The van der Waals surface area contributed by atoms with Gasteiger partial charge in [0.2, 0.25) is 0 Å².